The van der Waals surface area contributed by atoms with Gasteiger partial charge in [0.2, 0.25) is 11.7 Å². The number of nitrogens with zero attached hydrogens (tertiary/aromatic N) is 5. The second kappa shape index (κ2) is 6.39. The van der Waals surface area contributed by atoms with Gasteiger partial charge in [0.1, 0.15) is 5.69 Å². The summed E-state index contributed by atoms with van der Waals surface area (Å²) in [5.74, 6) is 0.626. The average Bonchev–Trinajstić information content (AvgIpc) is 3.29. The molecule has 1 N–H and O–H groups in total. The number of rotatable bonds is 5. The summed E-state index contributed by atoms with van der Waals surface area (Å²) in [7, 11) is 1.73. The topological polar surface area (TPSA) is 96.5 Å². The van der Waals surface area contributed by atoms with Crippen molar-refractivity contribution in [2.75, 3.05) is 31.1 Å². The highest BCUT2D eigenvalue weighted by atomic mass is 16.6. The number of hydrogen-bond donors (Lipinski definition) is 1. The number of carbonyl (C=O) groups is 1. The van der Waals surface area contributed by atoms with Crippen LogP contribution in [0.2, 0.25) is 0 Å². The number of amides is 1. The van der Waals surface area contributed by atoms with Crippen LogP contribution >= 0.6 is 0 Å². The Kier molecular flexibility index (Phi) is 4.44. The van der Waals surface area contributed by atoms with E-state index >= 15 is 0 Å². The van der Waals surface area contributed by atoms with Gasteiger partial charge in [-0.25, -0.2) is 4.68 Å². The number of aromatic nitrogens is 2. The lowest BCUT2D eigenvalue weighted by molar-refractivity contribution is -0.384. The van der Waals surface area contributed by atoms with E-state index < -0.39 is 0 Å². The summed E-state index contributed by atoms with van der Waals surface area (Å²) in [6, 6.07) is 0.192. The van der Waals surface area contributed by atoms with Crippen molar-refractivity contribution in [3.05, 3.63) is 15.8 Å². The molecule has 9 nitrogen and oxygen atoms in total. The second-order valence-corrected chi connectivity index (χ2v) is 6.62. The highest BCUT2D eigenvalue weighted by Gasteiger charge is 2.33. The van der Waals surface area contributed by atoms with Crippen LogP contribution in [0.25, 0.3) is 0 Å². The predicted octanol–water partition coefficient (Wildman–Crippen LogP) is 0.426. The molecule has 2 aliphatic rings. The van der Waals surface area contributed by atoms with Gasteiger partial charge in [0.15, 0.2) is 0 Å². The van der Waals surface area contributed by atoms with E-state index in [1.165, 1.54) is 0 Å². The van der Waals surface area contributed by atoms with E-state index in [2.05, 4.69) is 15.3 Å². The van der Waals surface area contributed by atoms with Gasteiger partial charge in [-0.05, 0) is 26.7 Å². The number of anilines is 1. The van der Waals surface area contributed by atoms with Crippen molar-refractivity contribution in [3.63, 3.8) is 0 Å². The molecule has 0 unspecified atom stereocenters. The van der Waals surface area contributed by atoms with E-state index in [1.807, 2.05) is 11.8 Å². The fraction of sp³-hybridized carbons (Fsp3) is 0.733. The van der Waals surface area contributed by atoms with Gasteiger partial charge in [0, 0.05) is 39.3 Å². The van der Waals surface area contributed by atoms with Crippen LogP contribution in [0.15, 0.2) is 0 Å². The third-order valence-corrected chi connectivity index (χ3v) is 4.81. The SMILES string of the molecule is Cc1nn(C)c(N2CCN([C@H](C)C(=O)NC3CC3)CC2)c1[N+](=O)[O-]. The highest BCUT2D eigenvalue weighted by Crippen LogP contribution is 2.31. The summed E-state index contributed by atoms with van der Waals surface area (Å²) in [6.45, 7) is 6.25. The molecule has 2 fully saturated rings. The number of piperazine rings is 1. The van der Waals surface area contributed by atoms with E-state index in [4.69, 9.17) is 0 Å². The Bertz CT molecular complexity index is 646. The molecule has 1 saturated heterocycles. The highest BCUT2D eigenvalue weighted by molar-refractivity contribution is 5.82. The van der Waals surface area contributed by atoms with Crippen molar-refractivity contribution >= 4 is 17.4 Å². The summed E-state index contributed by atoms with van der Waals surface area (Å²) in [5.41, 5.74) is 0.502. The molecule has 0 bridgehead atoms. The Labute approximate surface area is 140 Å². The van der Waals surface area contributed by atoms with Gasteiger partial charge in [-0.1, -0.05) is 0 Å². The first-order chi connectivity index (χ1) is 11.4. The summed E-state index contributed by atoms with van der Waals surface area (Å²) >= 11 is 0. The average molecular weight is 336 g/mol. The molecule has 0 spiro atoms. The van der Waals surface area contributed by atoms with Crippen molar-refractivity contribution in [3.8, 4) is 0 Å². The van der Waals surface area contributed by atoms with Crippen LogP contribution in [-0.4, -0.2) is 63.8 Å². The molecule has 3 rings (SSSR count). The molecule has 132 valence electrons. The van der Waals surface area contributed by atoms with Crippen LogP contribution in [-0.2, 0) is 11.8 Å². The fourth-order valence-electron chi connectivity index (χ4n) is 3.24. The molecule has 1 aromatic heterocycles. The smallest absolute Gasteiger partial charge is 0.333 e. The fourth-order valence-corrected chi connectivity index (χ4v) is 3.24. The Hall–Kier alpha value is -2.16. The van der Waals surface area contributed by atoms with Gasteiger partial charge >= 0.3 is 5.69 Å². The maximum atomic E-state index is 12.2. The molecule has 9 heteroatoms. The molecule has 1 aromatic rings. The molecule has 0 aromatic carbocycles. The first-order valence-electron chi connectivity index (χ1n) is 8.36. The summed E-state index contributed by atoms with van der Waals surface area (Å²) in [6.07, 6.45) is 2.16. The van der Waals surface area contributed by atoms with Crippen molar-refractivity contribution < 1.29 is 9.72 Å². The molecule has 1 saturated carbocycles. The Morgan fingerprint density at radius 3 is 2.50 bits per heavy atom. The Morgan fingerprint density at radius 2 is 1.96 bits per heavy atom. The summed E-state index contributed by atoms with van der Waals surface area (Å²) in [4.78, 5) is 27.3. The van der Waals surface area contributed by atoms with Gasteiger partial charge < -0.3 is 10.2 Å². The van der Waals surface area contributed by atoms with Gasteiger partial charge in [-0.2, -0.15) is 5.10 Å². The number of nitrogens with one attached hydrogen (secondary N) is 1. The van der Waals surface area contributed by atoms with Gasteiger partial charge in [0.05, 0.1) is 11.0 Å². The van der Waals surface area contributed by atoms with E-state index in [9.17, 15) is 14.9 Å². The summed E-state index contributed by atoms with van der Waals surface area (Å²) in [5, 5.41) is 18.5. The van der Waals surface area contributed by atoms with E-state index in [-0.39, 0.29) is 22.6 Å². The quantitative estimate of drug-likeness (QED) is 0.618. The molecule has 1 atom stereocenters. The minimum atomic E-state index is -0.365. The predicted molar refractivity (Wildman–Crippen MR) is 89.0 cm³/mol. The lowest BCUT2D eigenvalue weighted by Gasteiger charge is -2.37. The largest absolute Gasteiger partial charge is 0.352 e. The van der Waals surface area contributed by atoms with Gasteiger partial charge in [0.25, 0.3) is 0 Å². The van der Waals surface area contributed by atoms with Crippen LogP contribution in [0, 0.1) is 17.0 Å². The lowest BCUT2D eigenvalue weighted by atomic mass is 10.2. The standard InChI is InChI=1S/C15H24N6O3/c1-10-13(21(23)24)15(18(3)17-10)20-8-6-19(7-9-20)11(2)14(22)16-12-4-5-12/h11-12H,4-9H2,1-3H3,(H,16,22)/t11-/m1/s1. The molecule has 24 heavy (non-hydrogen) atoms. The normalized spacial score (nSPS) is 20.0. The van der Waals surface area contributed by atoms with E-state index in [0.717, 1.165) is 12.8 Å². The summed E-state index contributed by atoms with van der Waals surface area (Å²) < 4.78 is 1.58. The zero-order chi connectivity index (χ0) is 17.4. The molecular weight excluding hydrogens is 312 g/mol. The van der Waals surface area contributed by atoms with Crippen molar-refractivity contribution in [1.82, 2.24) is 20.0 Å². The van der Waals surface area contributed by atoms with Gasteiger partial charge in [-0.15, -0.1) is 0 Å². The molecule has 1 aliphatic carbocycles. The number of nitro groups is 1. The maximum Gasteiger partial charge on any atom is 0.333 e. The monoisotopic (exact) mass is 336 g/mol. The first-order valence-corrected chi connectivity index (χ1v) is 8.36. The zero-order valence-electron chi connectivity index (χ0n) is 14.4. The van der Waals surface area contributed by atoms with Crippen LogP contribution in [0.5, 0.6) is 0 Å². The third-order valence-electron chi connectivity index (χ3n) is 4.81. The second-order valence-electron chi connectivity index (χ2n) is 6.62. The zero-order valence-corrected chi connectivity index (χ0v) is 14.4. The molecule has 1 aliphatic heterocycles. The van der Waals surface area contributed by atoms with Crippen LogP contribution in [0.4, 0.5) is 11.5 Å². The van der Waals surface area contributed by atoms with Crippen molar-refractivity contribution in [2.45, 2.75) is 38.8 Å². The van der Waals surface area contributed by atoms with Crippen molar-refractivity contribution in [1.29, 1.82) is 0 Å². The first kappa shape index (κ1) is 16.7. The number of carbonyl (C=O) groups excluding carboxylic acids is 1. The maximum absolute atomic E-state index is 12.2. The Balaban J connectivity index is 1.65. The number of hydrogen-bond acceptors (Lipinski definition) is 6. The lowest BCUT2D eigenvalue weighted by Crippen LogP contribution is -2.54. The van der Waals surface area contributed by atoms with E-state index in [1.54, 1.807) is 18.7 Å². The molecule has 0 radical (unpaired) electrons. The minimum Gasteiger partial charge on any atom is -0.352 e. The minimum absolute atomic E-state index is 0.0745. The molecule has 1 amide bonds. The van der Waals surface area contributed by atoms with Gasteiger partial charge in [-0.3, -0.25) is 19.8 Å². The van der Waals surface area contributed by atoms with Crippen LogP contribution in [0.3, 0.4) is 0 Å². The molecular formula is C15H24N6O3. The molecule has 2 heterocycles. The van der Waals surface area contributed by atoms with Crippen LogP contribution < -0.4 is 10.2 Å². The third kappa shape index (κ3) is 3.21. The Morgan fingerprint density at radius 1 is 1.33 bits per heavy atom. The van der Waals surface area contributed by atoms with Crippen LogP contribution in [0.1, 0.15) is 25.5 Å². The van der Waals surface area contributed by atoms with Crippen molar-refractivity contribution in [2.24, 2.45) is 7.05 Å². The van der Waals surface area contributed by atoms with E-state index in [0.29, 0.717) is 43.7 Å². The number of aryl methyl sites for hydroxylation is 2.